The smallest absolute Gasteiger partial charge is 0.324 e. The molecule has 2 N–H and O–H groups in total. The zero-order valence-corrected chi connectivity index (χ0v) is 19.2. The predicted octanol–water partition coefficient (Wildman–Crippen LogP) is 2.64. The number of hydrogen-bond acceptors (Lipinski definition) is 5. The lowest BCUT2D eigenvalue weighted by Gasteiger charge is -2.43. The molecule has 4 rings (SSSR count). The quantitative estimate of drug-likeness (QED) is 0.677. The summed E-state index contributed by atoms with van der Waals surface area (Å²) >= 11 is 0. The second-order valence-electron chi connectivity index (χ2n) is 8.61. The Morgan fingerprint density at radius 1 is 1.12 bits per heavy atom. The van der Waals surface area contributed by atoms with Crippen LogP contribution in [0.1, 0.15) is 25.0 Å². The van der Waals surface area contributed by atoms with Crippen molar-refractivity contribution in [3.8, 4) is 0 Å². The van der Waals surface area contributed by atoms with Crippen LogP contribution in [-0.2, 0) is 16.1 Å². The molecule has 180 valence electrons. The number of benzene rings is 2. The first-order chi connectivity index (χ1) is 16.2. The van der Waals surface area contributed by atoms with Gasteiger partial charge in [-0.05, 0) is 49.2 Å². The molecular weight excluding hydrogens is 444 g/mol. The number of carbonyl (C=O) groups excluding carboxylic acids is 3. The Balaban J connectivity index is 1.59. The monoisotopic (exact) mass is 471 g/mol. The third-order valence-corrected chi connectivity index (χ3v) is 6.26. The molecule has 34 heavy (non-hydrogen) atoms. The molecule has 2 aromatic carbocycles. The average molecular weight is 472 g/mol. The van der Waals surface area contributed by atoms with E-state index in [0.717, 1.165) is 4.90 Å². The molecular formula is C24H27F2N5O3. The summed E-state index contributed by atoms with van der Waals surface area (Å²) in [5.41, 5.74) is 4.53. The zero-order valence-electron chi connectivity index (χ0n) is 19.2. The first-order valence-electron chi connectivity index (χ1n) is 11.1. The van der Waals surface area contributed by atoms with Crippen LogP contribution in [0.5, 0.6) is 0 Å². The summed E-state index contributed by atoms with van der Waals surface area (Å²) in [4.78, 5) is 42.1. The molecule has 0 aliphatic carbocycles. The highest BCUT2D eigenvalue weighted by Gasteiger charge is 2.54. The van der Waals surface area contributed by atoms with E-state index < -0.39 is 35.7 Å². The lowest BCUT2D eigenvalue weighted by molar-refractivity contribution is -0.140. The number of urea groups is 1. The second kappa shape index (κ2) is 9.47. The van der Waals surface area contributed by atoms with Crippen LogP contribution >= 0.6 is 0 Å². The maximum atomic E-state index is 13.9. The number of rotatable bonds is 6. The number of hydrogen-bond donors (Lipinski definition) is 2. The van der Waals surface area contributed by atoms with Gasteiger partial charge >= 0.3 is 6.03 Å². The standard InChI is InChI=1S/C24H27F2N5O3/c1-4-31-22-21(15(3)28-31)29(13-20(32)27-18-10-5-14(2)19(26)11-18)24(34)30(23(22)33)12-16-6-8-17(25)9-7-16/h5-11,15,21-22,28H,4,12-13H2,1-3H3,(H,27,32). The number of imide groups is 1. The molecule has 8 nitrogen and oxygen atoms in total. The molecule has 10 heteroatoms. The van der Waals surface area contributed by atoms with Crippen molar-refractivity contribution in [3.63, 3.8) is 0 Å². The largest absolute Gasteiger partial charge is 0.327 e. The van der Waals surface area contributed by atoms with Gasteiger partial charge < -0.3 is 10.2 Å². The van der Waals surface area contributed by atoms with Gasteiger partial charge in [-0.2, -0.15) is 0 Å². The lowest BCUT2D eigenvalue weighted by atomic mass is 9.97. The third kappa shape index (κ3) is 4.51. The van der Waals surface area contributed by atoms with E-state index in [9.17, 15) is 23.2 Å². The van der Waals surface area contributed by atoms with Gasteiger partial charge in [0.2, 0.25) is 5.91 Å². The van der Waals surface area contributed by atoms with Gasteiger partial charge in [-0.25, -0.2) is 24.0 Å². The van der Waals surface area contributed by atoms with Crippen molar-refractivity contribution >= 4 is 23.5 Å². The summed E-state index contributed by atoms with van der Waals surface area (Å²) in [5.74, 6) is -1.75. The van der Waals surface area contributed by atoms with Crippen LogP contribution < -0.4 is 10.7 Å². The van der Waals surface area contributed by atoms with E-state index in [2.05, 4.69) is 10.7 Å². The van der Waals surface area contributed by atoms with E-state index in [4.69, 9.17) is 0 Å². The normalized spacial score (nSPS) is 22.8. The minimum Gasteiger partial charge on any atom is -0.324 e. The Labute approximate surface area is 196 Å². The van der Waals surface area contributed by atoms with Gasteiger partial charge in [-0.15, -0.1) is 0 Å². The summed E-state index contributed by atoms with van der Waals surface area (Å²) in [6.07, 6.45) is 0. The number of halogens is 2. The van der Waals surface area contributed by atoms with Crippen LogP contribution in [0.4, 0.5) is 19.3 Å². The molecule has 2 aromatic rings. The van der Waals surface area contributed by atoms with Gasteiger partial charge in [0.05, 0.1) is 12.6 Å². The Morgan fingerprint density at radius 3 is 2.47 bits per heavy atom. The minimum atomic E-state index is -0.678. The van der Waals surface area contributed by atoms with E-state index >= 15 is 0 Å². The molecule has 0 saturated carbocycles. The first-order valence-corrected chi connectivity index (χ1v) is 11.1. The molecule has 2 saturated heterocycles. The molecule has 3 unspecified atom stereocenters. The highest BCUT2D eigenvalue weighted by atomic mass is 19.1. The first kappa shape index (κ1) is 23.8. The number of nitrogens with one attached hydrogen (secondary N) is 2. The number of nitrogens with zero attached hydrogens (tertiary/aromatic N) is 3. The third-order valence-electron chi connectivity index (χ3n) is 6.26. The van der Waals surface area contributed by atoms with Gasteiger partial charge in [0.15, 0.2) is 0 Å². The van der Waals surface area contributed by atoms with Crippen molar-refractivity contribution in [2.75, 3.05) is 18.4 Å². The number of anilines is 1. The summed E-state index contributed by atoms with van der Waals surface area (Å²) in [7, 11) is 0. The molecule has 2 aliphatic rings. The molecule has 0 radical (unpaired) electrons. The molecule has 4 amide bonds. The molecule has 2 heterocycles. The number of aryl methyl sites for hydroxylation is 1. The molecule has 2 fully saturated rings. The summed E-state index contributed by atoms with van der Waals surface area (Å²) in [5, 5.41) is 4.39. The zero-order chi connectivity index (χ0) is 24.6. The fraction of sp³-hybridized carbons (Fsp3) is 0.375. The highest BCUT2D eigenvalue weighted by Crippen LogP contribution is 2.30. The van der Waals surface area contributed by atoms with E-state index in [1.807, 2.05) is 13.8 Å². The molecule has 3 atom stereocenters. The number of likely N-dealkylation sites (N-methyl/N-ethyl adjacent to an activating group) is 1. The fourth-order valence-electron chi connectivity index (χ4n) is 4.54. The van der Waals surface area contributed by atoms with E-state index in [-0.39, 0.29) is 30.7 Å². The Morgan fingerprint density at radius 2 is 1.82 bits per heavy atom. The Hall–Kier alpha value is -3.37. The van der Waals surface area contributed by atoms with Gasteiger partial charge in [0.25, 0.3) is 5.91 Å². The van der Waals surface area contributed by atoms with Crippen LogP contribution in [0.15, 0.2) is 42.5 Å². The summed E-state index contributed by atoms with van der Waals surface area (Å²) in [6.45, 7) is 5.51. The topological polar surface area (TPSA) is 85.0 Å². The molecule has 0 bridgehead atoms. The Kier molecular flexibility index (Phi) is 6.63. The van der Waals surface area contributed by atoms with Crippen LogP contribution in [0.3, 0.4) is 0 Å². The van der Waals surface area contributed by atoms with Crippen LogP contribution in [0.25, 0.3) is 0 Å². The lowest BCUT2D eigenvalue weighted by Crippen LogP contribution is -2.67. The number of carbonyl (C=O) groups is 3. The maximum absolute atomic E-state index is 13.9. The van der Waals surface area contributed by atoms with Crippen LogP contribution in [-0.4, -0.2) is 63.9 Å². The molecule has 0 spiro atoms. The van der Waals surface area contributed by atoms with Crippen LogP contribution in [0.2, 0.25) is 0 Å². The van der Waals surface area contributed by atoms with Gasteiger partial charge in [-0.3, -0.25) is 14.5 Å². The fourth-order valence-corrected chi connectivity index (χ4v) is 4.54. The molecule has 0 aromatic heterocycles. The predicted molar refractivity (Wildman–Crippen MR) is 121 cm³/mol. The van der Waals surface area contributed by atoms with Crippen molar-refractivity contribution in [1.82, 2.24) is 20.2 Å². The SMILES string of the molecule is CCN1NC(C)C2C1C(=O)N(Cc1ccc(F)cc1)C(=O)N2CC(=O)Nc1ccc(C)c(F)c1. The van der Waals surface area contributed by atoms with Crippen molar-refractivity contribution in [1.29, 1.82) is 0 Å². The molecule has 2 aliphatic heterocycles. The Bertz CT molecular complexity index is 1110. The van der Waals surface area contributed by atoms with Crippen molar-refractivity contribution in [2.24, 2.45) is 0 Å². The van der Waals surface area contributed by atoms with Gasteiger partial charge in [0.1, 0.15) is 24.2 Å². The average Bonchev–Trinajstić information content (AvgIpc) is 3.14. The summed E-state index contributed by atoms with van der Waals surface area (Å²) in [6, 6.07) is 7.79. The number of fused-ring (bicyclic) bond motifs is 1. The van der Waals surface area contributed by atoms with Crippen molar-refractivity contribution in [3.05, 3.63) is 65.2 Å². The minimum absolute atomic E-state index is 0.0472. The maximum Gasteiger partial charge on any atom is 0.327 e. The van der Waals surface area contributed by atoms with Crippen molar-refractivity contribution in [2.45, 2.75) is 45.4 Å². The number of amides is 4. The second-order valence-corrected chi connectivity index (χ2v) is 8.61. The summed E-state index contributed by atoms with van der Waals surface area (Å²) < 4.78 is 27.2. The number of hydrazine groups is 1. The van der Waals surface area contributed by atoms with Crippen molar-refractivity contribution < 1.29 is 23.2 Å². The van der Waals surface area contributed by atoms with E-state index in [0.29, 0.717) is 17.7 Å². The van der Waals surface area contributed by atoms with Gasteiger partial charge in [-0.1, -0.05) is 25.1 Å². The highest BCUT2D eigenvalue weighted by molar-refractivity contribution is 6.03. The van der Waals surface area contributed by atoms with Gasteiger partial charge in [0, 0.05) is 18.3 Å². The van der Waals surface area contributed by atoms with E-state index in [1.54, 1.807) is 24.1 Å². The van der Waals surface area contributed by atoms with Crippen LogP contribution in [0, 0.1) is 18.6 Å². The van der Waals surface area contributed by atoms with E-state index in [1.165, 1.54) is 35.2 Å².